The highest BCUT2D eigenvalue weighted by atomic mass is 35.5. The molecule has 154 valence electrons. The standard InChI is InChI=1S/C19H25ClN2O6/c1-11(2)7-14(16(25)19(9-24)10-28-19)21-18(27)15(8-23)22-17(26)12-3-5-13(20)6-4-12/h3-6,11,14-15,23-24H,7-10H2,1-2H3,(H,21,27)(H,22,26)/t14?,15-,19?/m0/s1. The number of amides is 2. The Bertz CT molecular complexity index is 718. The van der Waals surface area contributed by atoms with Gasteiger partial charge in [-0.15, -0.1) is 0 Å². The number of halogens is 1. The third-order valence-corrected chi connectivity index (χ3v) is 4.70. The van der Waals surface area contributed by atoms with Crippen molar-refractivity contribution in [1.29, 1.82) is 0 Å². The van der Waals surface area contributed by atoms with Crippen LogP contribution < -0.4 is 10.6 Å². The summed E-state index contributed by atoms with van der Waals surface area (Å²) in [5.74, 6) is -1.59. The van der Waals surface area contributed by atoms with Crippen LogP contribution in [0.2, 0.25) is 5.02 Å². The van der Waals surface area contributed by atoms with Gasteiger partial charge < -0.3 is 25.6 Å². The van der Waals surface area contributed by atoms with Crippen LogP contribution >= 0.6 is 11.6 Å². The zero-order valence-electron chi connectivity index (χ0n) is 15.8. The quantitative estimate of drug-likeness (QED) is 0.409. The van der Waals surface area contributed by atoms with E-state index in [1.165, 1.54) is 24.3 Å². The van der Waals surface area contributed by atoms with E-state index in [1.807, 2.05) is 13.8 Å². The number of Topliss-reactive ketones (excluding diaryl/α,β-unsaturated/α-hetero) is 1. The summed E-state index contributed by atoms with van der Waals surface area (Å²) in [7, 11) is 0. The van der Waals surface area contributed by atoms with Gasteiger partial charge in [-0.05, 0) is 36.6 Å². The van der Waals surface area contributed by atoms with E-state index in [2.05, 4.69) is 10.6 Å². The summed E-state index contributed by atoms with van der Waals surface area (Å²) >= 11 is 5.79. The molecule has 1 aliphatic rings. The Balaban J connectivity index is 2.05. The van der Waals surface area contributed by atoms with Gasteiger partial charge in [-0.3, -0.25) is 14.4 Å². The molecule has 9 heteroatoms. The number of epoxide rings is 1. The number of hydrogen-bond donors (Lipinski definition) is 4. The van der Waals surface area contributed by atoms with Crippen molar-refractivity contribution in [1.82, 2.24) is 10.6 Å². The van der Waals surface area contributed by atoms with Crippen LogP contribution in [-0.2, 0) is 14.3 Å². The van der Waals surface area contributed by atoms with Crippen molar-refractivity contribution in [3.05, 3.63) is 34.9 Å². The van der Waals surface area contributed by atoms with Crippen LogP contribution in [0.3, 0.4) is 0 Å². The largest absolute Gasteiger partial charge is 0.394 e. The Kier molecular flexibility index (Phi) is 7.54. The molecule has 0 radical (unpaired) electrons. The fourth-order valence-corrected chi connectivity index (χ4v) is 2.85. The van der Waals surface area contributed by atoms with E-state index in [0.29, 0.717) is 11.4 Å². The lowest BCUT2D eigenvalue weighted by Gasteiger charge is -2.24. The lowest BCUT2D eigenvalue weighted by Crippen LogP contribution is -2.55. The first kappa shape index (κ1) is 22.3. The first-order valence-electron chi connectivity index (χ1n) is 8.99. The summed E-state index contributed by atoms with van der Waals surface area (Å²) in [6.45, 7) is 2.77. The molecule has 4 N–H and O–H groups in total. The van der Waals surface area contributed by atoms with Crippen LogP contribution in [0.4, 0.5) is 0 Å². The Hall–Kier alpha value is -2.00. The first-order valence-corrected chi connectivity index (χ1v) is 9.37. The second-order valence-electron chi connectivity index (χ2n) is 7.21. The van der Waals surface area contributed by atoms with Gasteiger partial charge in [0.15, 0.2) is 11.4 Å². The third-order valence-electron chi connectivity index (χ3n) is 4.45. The second kappa shape index (κ2) is 9.47. The maximum absolute atomic E-state index is 12.7. The summed E-state index contributed by atoms with van der Waals surface area (Å²) in [4.78, 5) is 37.5. The maximum atomic E-state index is 12.7. The summed E-state index contributed by atoms with van der Waals surface area (Å²) in [5, 5.41) is 24.4. The molecule has 1 saturated heterocycles. The summed E-state index contributed by atoms with van der Waals surface area (Å²) in [6.07, 6.45) is 0.332. The Morgan fingerprint density at radius 1 is 1.14 bits per heavy atom. The molecule has 1 heterocycles. The summed E-state index contributed by atoms with van der Waals surface area (Å²) in [5.41, 5.74) is -0.996. The number of carbonyl (C=O) groups excluding carboxylic acids is 3. The van der Waals surface area contributed by atoms with Crippen molar-refractivity contribution in [3.8, 4) is 0 Å². The molecule has 2 rings (SSSR count). The normalized spacial score (nSPS) is 20.4. The van der Waals surface area contributed by atoms with Gasteiger partial charge in [0.1, 0.15) is 6.04 Å². The van der Waals surface area contributed by atoms with Crippen molar-refractivity contribution in [2.24, 2.45) is 5.92 Å². The number of rotatable bonds is 10. The van der Waals surface area contributed by atoms with Crippen molar-refractivity contribution in [3.63, 3.8) is 0 Å². The van der Waals surface area contributed by atoms with E-state index in [0.717, 1.165) is 0 Å². The number of aliphatic hydroxyl groups excluding tert-OH is 2. The van der Waals surface area contributed by atoms with Gasteiger partial charge >= 0.3 is 0 Å². The highest BCUT2D eigenvalue weighted by Gasteiger charge is 2.54. The molecule has 2 amide bonds. The number of benzene rings is 1. The third kappa shape index (κ3) is 5.51. The average Bonchev–Trinajstić information content (AvgIpc) is 3.46. The van der Waals surface area contributed by atoms with E-state index < -0.39 is 48.5 Å². The van der Waals surface area contributed by atoms with Crippen LogP contribution in [0.1, 0.15) is 30.6 Å². The van der Waals surface area contributed by atoms with Gasteiger partial charge in [0.05, 0.1) is 25.9 Å². The van der Waals surface area contributed by atoms with Crippen LogP contribution in [0, 0.1) is 5.92 Å². The molecule has 3 atom stereocenters. The smallest absolute Gasteiger partial charge is 0.251 e. The Labute approximate surface area is 168 Å². The number of hydrogen-bond acceptors (Lipinski definition) is 6. The topological polar surface area (TPSA) is 128 Å². The van der Waals surface area contributed by atoms with Crippen molar-refractivity contribution >= 4 is 29.2 Å². The van der Waals surface area contributed by atoms with E-state index in [4.69, 9.17) is 16.3 Å². The molecular weight excluding hydrogens is 388 g/mol. The number of ketones is 1. The predicted octanol–water partition coefficient (Wildman–Crippen LogP) is 0.292. The fraction of sp³-hybridized carbons (Fsp3) is 0.526. The van der Waals surface area contributed by atoms with Gasteiger partial charge in [-0.1, -0.05) is 25.4 Å². The lowest BCUT2D eigenvalue weighted by molar-refractivity contribution is -0.133. The van der Waals surface area contributed by atoms with Crippen molar-refractivity contribution in [2.75, 3.05) is 19.8 Å². The van der Waals surface area contributed by atoms with Gasteiger partial charge in [0.2, 0.25) is 5.91 Å². The van der Waals surface area contributed by atoms with Crippen molar-refractivity contribution < 1.29 is 29.3 Å². The highest BCUT2D eigenvalue weighted by molar-refractivity contribution is 6.30. The van der Waals surface area contributed by atoms with Crippen molar-refractivity contribution in [2.45, 2.75) is 38.0 Å². The van der Waals surface area contributed by atoms with E-state index in [1.54, 1.807) is 0 Å². The molecule has 0 spiro atoms. The van der Waals surface area contributed by atoms with Crippen LogP contribution in [-0.4, -0.2) is 65.3 Å². The number of aliphatic hydroxyl groups is 2. The molecule has 28 heavy (non-hydrogen) atoms. The predicted molar refractivity (Wildman–Crippen MR) is 102 cm³/mol. The Morgan fingerprint density at radius 3 is 2.21 bits per heavy atom. The van der Waals surface area contributed by atoms with Crippen LogP contribution in [0.15, 0.2) is 24.3 Å². The van der Waals surface area contributed by atoms with E-state index >= 15 is 0 Å². The molecule has 0 aliphatic carbocycles. The fourth-order valence-electron chi connectivity index (χ4n) is 2.73. The minimum atomic E-state index is -1.27. The summed E-state index contributed by atoms with van der Waals surface area (Å²) < 4.78 is 5.09. The second-order valence-corrected chi connectivity index (χ2v) is 7.65. The minimum absolute atomic E-state index is 0.0833. The van der Waals surface area contributed by atoms with Crippen LogP contribution in [0.25, 0.3) is 0 Å². The molecular formula is C19H25ClN2O6. The van der Waals surface area contributed by atoms with E-state index in [9.17, 15) is 24.6 Å². The zero-order chi connectivity index (χ0) is 20.9. The molecule has 1 aromatic carbocycles. The maximum Gasteiger partial charge on any atom is 0.251 e. The molecule has 1 fully saturated rings. The minimum Gasteiger partial charge on any atom is -0.394 e. The van der Waals surface area contributed by atoms with E-state index in [-0.39, 0.29) is 18.1 Å². The molecule has 1 aliphatic heterocycles. The van der Waals surface area contributed by atoms with Gasteiger partial charge in [0.25, 0.3) is 5.91 Å². The van der Waals surface area contributed by atoms with Gasteiger partial charge in [0, 0.05) is 10.6 Å². The Morgan fingerprint density at radius 2 is 1.75 bits per heavy atom. The SMILES string of the molecule is CC(C)CC(NC(=O)[C@H](CO)NC(=O)c1ccc(Cl)cc1)C(=O)C1(CO)CO1. The molecule has 8 nitrogen and oxygen atoms in total. The summed E-state index contributed by atoms with van der Waals surface area (Å²) in [6, 6.07) is 3.91. The molecule has 0 saturated carbocycles. The molecule has 0 bridgehead atoms. The van der Waals surface area contributed by atoms with Crippen LogP contribution in [0.5, 0.6) is 0 Å². The average molecular weight is 413 g/mol. The molecule has 0 aromatic heterocycles. The molecule has 1 aromatic rings. The monoisotopic (exact) mass is 412 g/mol. The number of carbonyl (C=O) groups is 3. The van der Waals surface area contributed by atoms with Gasteiger partial charge in [-0.25, -0.2) is 0 Å². The molecule has 2 unspecified atom stereocenters. The number of ether oxygens (including phenoxy) is 1. The first-order chi connectivity index (χ1) is 13.2. The number of nitrogens with one attached hydrogen (secondary N) is 2. The van der Waals surface area contributed by atoms with Gasteiger partial charge in [-0.2, -0.15) is 0 Å². The highest BCUT2D eigenvalue weighted by Crippen LogP contribution is 2.30. The lowest BCUT2D eigenvalue weighted by atomic mass is 9.92. The zero-order valence-corrected chi connectivity index (χ0v) is 16.5.